The van der Waals surface area contributed by atoms with E-state index in [2.05, 4.69) is 10.3 Å². The highest BCUT2D eigenvalue weighted by Crippen LogP contribution is 2.27. The molecule has 1 aromatic carbocycles. The Kier molecular flexibility index (Phi) is 3.24. The van der Waals surface area contributed by atoms with Gasteiger partial charge in [0.1, 0.15) is 0 Å². The Hall–Kier alpha value is -1.46. The Labute approximate surface area is 115 Å². The van der Waals surface area contributed by atoms with Crippen LogP contribution in [0.3, 0.4) is 0 Å². The number of fused-ring (bicyclic) bond motifs is 1. The maximum absolute atomic E-state index is 12.1. The number of aromatic amines is 1. The molecule has 0 aliphatic carbocycles. The fourth-order valence-corrected chi connectivity index (χ4v) is 3.57. The molecular weight excluding hydrogens is 260 g/mol. The summed E-state index contributed by atoms with van der Waals surface area (Å²) in [6.07, 6.45) is 2.60. The van der Waals surface area contributed by atoms with E-state index in [4.69, 9.17) is 0 Å². The first-order valence-corrected chi connectivity index (χ1v) is 7.47. The quantitative estimate of drug-likeness (QED) is 0.800. The van der Waals surface area contributed by atoms with Gasteiger partial charge in [-0.15, -0.1) is 0 Å². The van der Waals surface area contributed by atoms with Crippen molar-refractivity contribution in [2.24, 2.45) is 0 Å². The molecule has 3 N–H and O–H groups in total. The van der Waals surface area contributed by atoms with Gasteiger partial charge in [-0.25, -0.2) is 0 Å². The lowest BCUT2D eigenvalue weighted by Crippen LogP contribution is -2.42. The summed E-state index contributed by atoms with van der Waals surface area (Å²) >= 11 is 1.73. The number of aromatic nitrogens is 1. The Bertz CT molecular complexity index is 602. The standard InChI is InChI=1S/C14H16N2O2S/c17-13(16-8-14(18)4-6-19-9-14)11-2-1-10-3-5-15-12(10)7-11/h1-3,5,7,15,18H,4,6,8-9H2,(H,16,17)/t14-/m0/s1. The molecule has 1 aliphatic heterocycles. The van der Waals surface area contributed by atoms with Gasteiger partial charge in [-0.2, -0.15) is 11.8 Å². The molecule has 1 atom stereocenters. The number of aliphatic hydroxyl groups is 1. The van der Waals surface area contributed by atoms with Crippen LogP contribution in [-0.2, 0) is 0 Å². The smallest absolute Gasteiger partial charge is 0.251 e. The maximum Gasteiger partial charge on any atom is 0.251 e. The van der Waals surface area contributed by atoms with Gasteiger partial charge in [0.05, 0.1) is 5.60 Å². The molecule has 1 saturated heterocycles. The van der Waals surface area contributed by atoms with Crippen molar-refractivity contribution in [3.8, 4) is 0 Å². The van der Waals surface area contributed by atoms with Gasteiger partial charge in [-0.1, -0.05) is 6.07 Å². The van der Waals surface area contributed by atoms with E-state index in [1.54, 1.807) is 17.8 Å². The van der Waals surface area contributed by atoms with Gasteiger partial charge in [0.25, 0.3) is 5.91 Å². The van der Waals surface area contributed by atoms with Crippen LogP contribution in [0.5, 0.6) is 0 Å². The molecule has 1 aromatic heterocycles. The molecule has 0 spiro atoms. The Morgan fingerprint density at radius 1 is 1.47 bits per heavy atom. The normalized spacial score (nSPS) is 22.8. The van der Waals surface area contributed by atoms with Gasteiger partial charge in [-0.3, -0.25) is 4.79 Å². The van der Waals surface area contributed by atoms with Crippen LogP contribution in [0.25, 0.3) is 10.9 Å². The topological polar surface area (TPSA) is 65.1 Å². The number of carbonyl (C=O) groups is 1. The largest absolute Gasteiger partial charge is 0.387 e. The summed E-state index contributed by atoms with van der Waals surface area (Å²) in [4.78, 5) is 15.2. The van der Waals surface area contributed by atoms with Crippen molar-refractivity contribution < 1.29 is 9.90 Å². The van der Waals surface area contributed by atoms with Gasteiger partial charge in [0.15, 0.2) is 0 Å². The number of amides is 1. The number of hydrogen-bond acceptors (Lipinski definition) is 3. The summed E-state index contributed by atoms with van der Waals surface area (Å²) in [6.45, 7) is 0.321. The van der Waals surface area contributed by atoms with Crippen LogP contribution in [0.4, 0.5) is 0 Å². The maximum atomic E-state index is 12.1. The van der Waals surface area contributed by atoms with E-state index in [-0.39, 0.29) is 5.91 Å². The molecule has 0 unspecified atom stereocenters. The minimum Gasteiger partial charge on any atom is -0.387 e. The first-order valence-electron chi connectivity index (χ1n) is 6.32. The molecule has 2 aromatic rings. The molecule has 19 heavy (non-hydrogen) atoms. The Balaban J connectivity index is 1.69. The number of carbonyl (C=O) groups excluding carboxylic acids is 1. The second kappa shape index (κ2) is 4.90. The predicted molar refractivity (Wildman–Crippen MR) is 77.5 cm³/mol. The SMILES string of the molecule is O=C(NC[C@@]1(O)CCSC1)c1ccc2cc[nH]c2c1. The van der Waals surface area contributed by atoms with Crippen LogP contribution in [0.1, 0.15) is 16.8 Å². The summed E-state index contributed by atoms with van der Waals surface area (Å²) in [7, 11) is 0. The van der Waals surface area contributed by atoms with Gasteiger partial charge in [0, 0.05) is 29.6 Å². The molecular formula is C14H16N2O2S. The van der Waals surface area contributed by atoms with Crippen LogP contribution >= 0.6 is 11.8 Å². The highest BCUT2D eigenvalue weighted by atomic mass is 32.2. The highest BCUT2D eigenvalue weighted by molar-refractivity contribution is 7.99. The van der Waals surface area contributed by atoms with E-state index in [1.165, 1.54) is 0 Å². The minimum absolute atomic E-state index is 0.137. The van der Waals surface area contributed by atoms with Crippen LogP contribution in [0.2, 0.25) is 0 Å². The summed E-state index contributed by atoms with van der Waals surface area (Å²) in [6, 6.07) is 7.52. The number of H-pyrrole nitrogens is 1. The van der Waals surface area contributed by atoms with Gasteiger partial charge >= 0.3 is 0 Å². The number of nitrogens with one attached hydrogen (secondary N) is 2. The van der Waals surface area contributed by atoms with Crippen molar-refractivity contribution in [2.45, 2.75) is 12.0 Å². The third-order valence-electron chi connectivity index (χ3n) is 3.48. The van der Waals surface area contributed by atoms with E-state index in [9.17, 15) is 9.90 Å². The fourth-order valence-electron chi connectivity index (χ4n) is 2.27. The van der Waals surface area contributed by atoms with Crippen molar-refractivity contribution in [3.63, 3.8) is 0 Å². The second-order valence-electron chi connectivity index (χ2n) is 4.99. The molecule has 0 radical (unpaired) electrons. The van der Waals surface area contributed by atoms with E-state index < -0.39 is 5.60 Å². The third-order valence-corrected chi connectivity index (χ3v) is 4.71. The molecule has 1 amide bonds. The van der Waals surface area contributed by atoms with Crippen LogP contribution in [0.15, 0.2) is 30.5 Å². The number of thioether (sulfide) groups is 1. The molecule has 1 fully saturated rings. The van der Waals surface area contributed by atoms with Crippen molar-refractivity contribution in [1.82, 2.24) is 10.3 Å². The summed E-state index contributed by atoms with van der Waals surface area (Å²) in [5.41, 5.74) is 0.823. The number of hydrogen-bond donors (Lipinski definition) is 3. The molecule has 0 saturated carbocycles. The lowest BCUT2D eigenvalue weighted by atomic mass is 10.0. The fraction of sp³-hybridized carbons (Fsp3) is 0.357. The summed E-state index contributed by atoms with van der Waals surface area (Å²) < 4.78 is 0. The zero-order valence-corrected chi connectivity index (χ0v) is 11.3. The number of rotatable bonds is 3. The lowest BCUT2D eigenvalue weighted by molar-refractivity contribution is 0.0612. The minimum atomic E-state index is -0.739. The van der Waals surface area contributed by atoms with E-state index in [1.807, 2.05) is 24.4 Å². The monoisotopic (exact) mass is 276 g/mol. The molecule has 4 nitrogen and oxygen atoms in total. The average molecular weight is 276 g/mol. The molecule has 5 heteroatoms. The van der Waals surface area contributed by atoms with Gasteiger partial charge in [0.2, 0.25) is 0 Å². The van der Waals surface area contributed by atoms with Crippen LogP contribution in [0, 0.1) is 0 Å². The zero-order chi connectivity index (χ0) is 13.3. The summed E-state index contributed by atoms with van der Waals surface area (Å²) in [5, 5.41) is 14.1. The van der Waals surface area contributed by atoms with Crippen molar-refractivity contribution >= 4 is 28.6 Å². The average Bonchev–Trinajstić information content (AvgIpc) is 3.04. The van der Waals surface area contributed by atoms with E-state index >= 15 is 0 Å². The Morgan fingerprint density at radius 3 is 3.16 bits per heavy atom. The molecule has 1 aliphatic rings. The van der Waals surface area contributed by atoms with Crippen molar-refractivity contribution in [2.75, 3.05) is 18.1 Å². The van der Waals surface area contributed by atoms with Crippen molar-refractivity contribution in [1.29, 1.82) is 0 Å². The Morgan fingerprint density at radius 2 is 2.37 bits per heavy atom. The van der Waals surface area contributed by atoms with Gasteiger partial charge in [-0.05, 0) is 35.8 Å². The predicted octanol–water partition coefficient (Wildman–Crippen LogP) is 1.77. The highest BCUT2D eigenvalue weighted by Gasteiger charge is 2.32. The molecule has 0 bridgehead atoms. The third kappa shape index (κ3) is 2.62. The first-order chi connectivity index (χ1) is 9.16. The van der Waals surface area contributed by atoms with Gasteiger partial charge < -0.3 is 15.4 Å². The lowest BCUT2D eigenvalue weighted by Gasteiger charge is -2.21. The van der Waals surface area contributed by atoms with E-state index in [0.29, 0.717) is 17.9 Å². The van der Waals surface area contributed by atoms with Crippen molar-refractivity contribution in [3.05, 3.63) is 36.0 Å². The zero-order valence-electron chi connectivity index (χ0n) is 10.5. The molecule has 100 valence electrons. The van der Waals surface area contributed by atoms with Crippen LogP contribution < -0.4 is 5.32 Å². The molecule has 3 rings (SSSR count). The molecule has 2 heterocycles. The van der Waals surface area contributed by atoms with E-state index in [0.717, 1.165) is 23.1 Å². The number of benzene rings is 1. The summed E-state index contributed by atoms with van der Waals surface area (Å²) in [5.74, 6) is 1.52. The second-order valence-corrected chi connectivity index (χ2v) is 6.09. The first kappa shape index (κ1) is 12.6. The van der Waals surface area contributed by atoms with Crippen LogP contribution in [-0.4, -0.2) is 39.6 Å².